The van der Waals surface area contributed by atoms with Crippen LogP contribution in [-0.2, 0) is 19.1 Å². The van der Waals surface area contributed by atoms with Gasteiger partial charge in [-0.05, 0) is 126 Å². The molecule has 2 heterocycles. The number of hydrogen-bond donors (Lipinski definition) is 2. The molecule has 1 amide bonds. The number of nitrogens with one attached hydrogen (secondary N) is 1. The molecule has 2 aromatic carbocycles. The lowest BCUT2D eigenvalue weighted by molar-refractivity contribution is -0.156. The third kappa shape index (κ3) is 11.5. The first-order valence-electron chi connectivity index (χ1n) is 14.2. The number of likely N-dealkylation sites (tertiary alicyclic amines) is 2. The molecule has 0 radical (unpaired) electrons. The fraction of sp³-hybridized carbons (Fsp3) is 0.531. The minimum atomic E-state index is -0.562. The molecule has 8 heteroatoms. The molecule has 0 spiro atoms. The van der Waals surface area contributed by atoms with Crippen LogP contribution in [0, 0.1) is 13.8 Å². The Morgan fingerprint density at radius 1 is 0.750 bits per heavy atom. The highest BCUT2D eigenvalue weighted by atomic mass is 16.6. The number of rotatable bonds is 3. The zero-order valence-corrected chi connectivity index (χ0v) is 25.4. The monoisotopic (exact) mass is 552 g/mol. The maximum Gasteiger partial charge on any atom is 0.310 e. The number of carbonyl (C=O) groups excluding carboxylic acids is 3. The second kappa shape index (κ2) is 16.1. The Labute approximate surface area is 240 Å². The lowest BCUT2D eigenvalue weighted by Gasteiger charge is -2.29. The second-order valence-electron chi connectivity index (χ2n) is 11.1. The number of nitrogen functional groups attached to an aromatic ring is 1. The van der Waals surface area contributed by atoms with E-state index in [0.717, 1.165) is 22.9 Å². The molecule has 3 N–H and O–H groups in total. The first kappa shape index (κ1) is 33.0. The Bertz CT molecular complexity index is 1120. The van der Waals surface area contributed by atoms with Crippen molar-refractivity contribution in [3.8, 4) is 0 Å². The molecule has 220 valence electrons. The molecular formula is C32H48N4O4. The van der Waals surface area contributed by atoms with Gasteiger partial charge in [0, 0.05) is 32.1 Å². The number of amides is 1. The average molecular weight is 553 g/mol. The second-order valence-corrected chi connectivity index (χ2v) is 11.1. The predicted molar refractivity (Wildman–Crippen MR) is 162 cm³/mol. The predicted octanol–water partition coefficient (Wildman–Crippen LogP) is 5.25. The van der Waals surface area contributed by atoms with E-state index in [4.69, 9.17) is 5.73 Å². The van der Waals surface area contributed by atoms with Crippen LogP contribution < -0.4 is 11.1 Å². The van der Waals surface area contributed by atoms with Crippen LogP contribution in [0.5, 0.6) is 0 Å². The van der Waals surface area contributed by atoms with E-state index in [1.165, 1.54) is 82.4 Å². The summed E-state index contributed by atoms with van der Waals surface area (Å²) in [6.45, 7) is 12.8. The number of hydrogen-bond acceptors (Lipinski definition) is 7. The van der Waals surface area contributed by atoms with E-state index in [0.29, 0.717) is 5.92 Å². The molecule has 0 aromatic heterocycles. The van der Waals surface area contributed by atoms with Gasteiger partial charge in [0.25, 0.3) is 0 Å². The van der Waals surface area contributed by atoms with Gasteiger partial charge < -0.3 is 25.6 Å². The first-order chi connectivity index (χ1) is 18.8. The van der Waals surface area contributed by atoms with Crippen molar-refractivity contribution in [3.05, 3.63) is 58.7 Å². The number of piperidine rings is 2. The Morgan fingerprint density at radius 2 is 1.18 bits per heavy atom. The molecule has 0 aliphatic carbocycles. The molecule has 8 nitrogen and oxygen atoms in total. The van der Waals surface area contributed by atoms with Crippen LogP contribution in [0.2, 0.25) is 0 Å². The Kier molecular flexibility index (Phi) is 13.3. The Morgan fingerprint density at radius 3 is 1.52 bits per heavy atom. The summed E-state index contributed by atoms with van der Waals surface area (Å²) in [6.07, 6.45) is 5.02. The number of carbonyl (C=O) groups is 3. The summed E-state index contributed by atoms with van der Waals surface area (Å²) in [5.74, 6) is 0.275. The number of anilines is 2. The summed E-state index contributed by atoms with van der Waals surface area (Å²) in [5.41, 5.74) is 12.9. The van der Waals surface area contributed by atoms with Crippen LogP contribution in [0.3, 0.4) is 0 Å². The maximum atomic E-state index is 11.1. The van der Waals surface area contributed by atoms with Gasteiger partial charge in [-0.1, -0.05) is 24.3 Å². The molecule has 0 atom stereocenters. The third-order valence-corrected chi connectivity index (χ3v) is 7.52. The maximum absolute atomic E-state index is 11.1. The van der Waals surface area contributed by atoms with E-state index in [1.54, 1.807) is 6.92 Å². The van der Waals surface area contributed by atoms with Gasteiger partial charge in [-0.2, -0.15) is 0 Å². The minimum Gasteiger partial charge on any atom is -0.399 e. The van der Waals surface area contributed by atoms with Crippen molar-refractivity contribution in [2.45, 2.75) is 72.1 Å². The van der Waals surface area contributed by atoms with Gasteiger partial charge in [0.05, 0.1) is 0 Å². The largest absolute Gasteiger partial charge is 0.399 e. The highest BCUT2D eigenvalue weighted by Gasteiger charge is 2.19. The van der Waals surface area contributed by atoms with Crippen LogP contribution >= 0.6 is 0 Å². The van der Waals surface area contributed by atoms with E-state index in [1.807, 2.05) is 12.1 Å². The summed E-state index contributed by atoms with van der Waals surface area (Å²) in [4.78, 5) is 35.5. The molecule has 4 rings (SSSR count). The normalized spacial score (nSPS) is 16.6. The van der Waals surface area contributed by atoms with Gasteiger partial charge >= 0.3 is 11.9 Å². The summed E-state index contributed by atoms with van der Waals surface area (Å²) in [6, 6.07) is 12.9. The van der Waals surface area contributed by atoms with E-state index in [2.05, 4.69) is 72.1 Å². The van der Waals surface area contributed by atoms with Crippen molar-refractivity contribution < 1.29 is 19.1 Å². The van der Waals surface area contributed by atoms with Gasteiger partial charge in [0.2, 0.25) is 5.91 Å². The smallest absolute Gasteiger partial charge is 0.310 e. The molecular weight excluding hydrogens is 504 g/mol. The molecule has 0 saturated carbocycles. The number of nitrogens with two attached hydrogens (primary N) is 1. The van der Waals surface area contributed by atoms with Crippen LogP contribution in [0.4, 0.5) is 11.4 Å². The molecule has 2 saturated heterocycles. The topological polar surface area (TPSA) is 105 Å². The van der Waals surface area contributed by atoms with Crippen LogP contribution in [-0.4, -0.2) is 67.9 Å². The lowest BCUT2D eigenvalue weighted by Crippen LogP contribution is -2.29. The number of esters is 2. The van der Waals surface area contributed by atoms with Gasteiger partial charge in [0.15, 0.2) is 0 Å². The van der Waals surface area contributed by atoms with Crippen molar-refractivity contribution in [2.24, 2.45) is 0 Å². The van der Waals surface area contributed by atoms with E-state index < -0.39 is 11.9 Å². The number of nitrogens with zero attached hydrogens (tertiary/aromatic N) is 2. The SMILES string of the molecule is CC(=O)Nc1ccc(C2CCN(C)CC2)cc1C.CC(=O)OC(C)=O.Cc1cc(C2CCN(C)CC2)ccc1N. The standard InChI is InChI=1S/C15H22N2O.C13H20N2.C4H6O3/c1-11-10-14(4-5-15(11)16-12(2)18)13-6-8-17(3)9-7-13;1-10-9-12(3-4-13(10)14)11-5-7-15(2)8-6-11;1-3(5)7-4(2)6/h4-5,10,13H,6-9H2,1-3H3,(H,16,18);3-4,9,11H,5-8,14H2,1-2H3;1-2H3. The highest BCUT2D eigenvalue weighted by Crippen LogP contribution is 2.30. The molecule has 2 aliphatic rings. The van der Waals surface area contributed by atoms with E-state index in [9.17, 15) is 14.4 Å². The van der Waals surface area contributed by atoms with Crippen molar-refractivity contribution >= 4 is 29.2 Å². The molecule has 2 aromatic rings. The summed E-state index contributed by atoms with van der Waals surface area (Å²) in [7, 11) is 4.38. The molecule has 0 bridgehead atoms. The Hall–Kier alpha value is -3.23. The van der Waals surface area contributed by atoms with Crippen molar-refractivity contribution in [1.82, 2.24) is 9.80 Å². The molecule has 40 heavy (non-hydrogen) atoms. The zero-order chi connectivity index (χ0) is 29.8. The summed E-state index contributed by atoms with van der Waals surface area (Å²) in [5, 5.41) is 2.86. The van der Waals surface area contributed by atoms with Crippen molar-refractivity contribution in [3.63, 3.8) is 0 Å². The fourth-order valence-corrected chi connectivity index (χ4v) is 5.11. The highest BCUT2D eigenvalue weighted by molar-refractivity contribution is 5.89. The fourth-order valence-electron chi connectivity index (χ4n) is 5.11. The quantitative estimate of drug-likeness (QED) is 0.305. The van der Waals surface area contributed by atoms with Crippen LogP contribution in [0.15, 0.2) is 36.4 Å². The number of aryl methyl sites for hydroxylation is 2. The molecule has 2 aliphatic heterocycles. The summed E-state index contributed by atoms with van der Waals surface area (Å²) >= 11 is 0. The minimum absolute atomic E-state index is 0.00913. The third-order valence-electron chi connectivity index (χ3n) is 7.52. The van der Waals surface area contributed by atoms with Gasteiger partial charge in [0.1, 0.15) is 0 Å². The van der Waals surface area contributed by atoms with E-state index >= 15 is 0 Å². The summed E-state index contributed by atoms with van der Waals surface area (Å²) < 4.78 is 3.97. The molecule has 0 unspecified atom stereocenters. The van der Waals surface area contributed by atoms with Gasteiger partial charge in [-0.25, -0.2) is 0 Å². The van der Waals surface area contributed by atoms with E-state index in [-0.39, 0.29) is 5.91 Å². The molecule has 2 fully saturated rings. The van der Waals surface area contributed by atoms with Crippen molar-refractivity contribution in [2.75, 3.05) is 51.3 Å². The van der Waals surface area contributed by atoms with Gasteiger partial charge in [-0.15, -0.1) is 0 Å². The lowest BCUT2D eigenvalue weighted by atomic mass is 9.88. The Balaban J connectivity index is 0.000000230. The van der Waals surface area contributed by atoms with Crippen molar-refractivity contribution in [1.29, 1.82) is 0 Å². The van der Waals surface area contributed by atoms with Gasteiger partial charge in [-0.3, -0.25) is 14.4 Å². The average Bonchev–Trinajstić information content (AvgIpc) is 2.88. The van der Waals surface area contributed by atoms with Crippen LogP contribution in [0.1, 0.15) is 80.5 Å². The van der Waals surface area contributed by atoms with Crippen LogP contribution in [0.25, 0.3) is 0 Å². The number of benzene rings is 2. The number of ether oxygens (including phenoxy) is 1. The zero-order valence-electron chi connectivity index (χ0n) is 25.4. The first-order valence-corrected chi connectivity index (χ1v) is 14.2.